The Morgan fingerprint density at radius 3 is 2.70 bits per heavy atom. The zero-order valence-electron chi connectivity index (χ0n) is 11.2. The van der Waals surface area contributed by atoms with Crippen molar-refractivity contribution in [2.45, 2.75) is 19.5 Å². The molecule has 0 spiro atoms. The summed E-state index contributed by atoms with van der Waals surface area (Å²) in [6, 6.07) is 8.49. The minimum atomic E-state index is -0.870. The molecule has 0 saturated heterocycles. The highest BCUT2D eigenvalue weighted by Gasteiger charge is 2.18. The van der Waals surface area contributed by atoms with E-state index in [1.165, 1.54) is 0 Å². The van der Waals surface area contributed by atoms with Crippen LogP contribution >= 0.6 is 11.6 Å². The predicted octanol–water partition coefficient (Wildman–Crippen LogP) is 2.90. The van der Waals surface area contributed by atoms with Crippen LogP contribution in [0.15, 0.2) is 34.9 Å². The van der Waals surface area contributed by atoms with Gasteiger partial charge < -0.3 is 9.63 Å². The number of hydrogen-bond acceptors (Lipinski definition) is 4. The first kappa shape index (κ1) is 14.6. The summed E-state index contributed by atoms with van der Waals surface area (Å²) in [5.74, 6) is -0.254. The smallest absolute Gasteiger partial charge is 0.320 e. The molecule has 6 heteroatoms. The first-order chi connectivity index (χ1) is 9.47. The maximum atomic E-state index is 10.9. The fourth-order valence-corrected chi connectivity index (χ4v) is 1.84. The maximum absolute atomic E-state index is 10.9. The third-order valence-electron chi connectivity index (χ3n) is 3.12. The van der Waals surface area contributed by atoms with Gasteiger partial charge in [-0.2, -0.15) is 0 Å². The number of carboxylic acid groups (broad SMARTS) is 1. The van der Waals surface area contributed by atoms with Crippen molar-refractivity contribution >= 4 is 17.6 Å². The van der Waals surface area contributed by atoms with Crippen molar-refractivity contribution in [3.05, 3.63) is 41.1 Å². The Hall–Kier alpha value is -1.85. The van der Waals surface area contributed by atoms with Crippen LogP contribution in [0.3, 0.4) is 0 Å². The van der Waals surface area contributed by atoms with Crippen LogP contribution in [0.1, 0.15) is 12.7 Å². The molecule has 2 rings (SSSR count). The van der Waals surface area contributed by atoms with Gasteiger partial charge >= 0.3 is 5.97 Å². The molecule has 1 aromatic carbocycles. The maximum Gasteiger partial charge on any atom is 0.320 e. The number of aliphatic carboxylic acids is 1. The van der Waals surface area contributed by atoms with E-state index in [-0.39, 0.29) is 0 Å². The molecule has 1 heterocycles. The molecule has 0 amide bonds. The van der Waals surface area contributed by atoms with E-state index in [9.17, 15) is 4.79 Å². The standard InChI is InChI=1S/C14H15ClN2O3/c1-9(14(18)19)17(2)8-12-7-13(16-20-12)10-3-5-11(15)6-4-10/h3-7,9H,8H2,1-2H3,(H,18,19)/t9-/m1/s1. The minimum absolute atomic E-state index is 0.383. The summed E-state index contributed by atoms with van der Waals surface area (Å²) in [5, 5.41) is 13.6. The lowest BCUT2D eigenvalue weighted by atomic mass is 10.1. The van der Waals surface area contributed by atoms with Crippen LogP contribution < -0.4 is 0 Å². The summed E-state index contributed by atoms with van der Waals surface area (Å²) in [4.78, 5) is 12.6. The lowest BCUT2D eigenvalue weighted by Crippen LogP contribution is -2.35. The van der Waals surface area contributed by atoms with Gasteiger partial charge in [-0.1, -0.05) is 28.9 Å². The number of aromatic nitrogens is 1. The fourth-order valence-electron chi connectivity index (χ4n) is 1.72. The number of likely N-dealkylation sites (N-methyl/N-ethyl adjacent to an activating group) is 1. The fraction of sp³-hybridized carbons (Fsp3) is 0.286. The van der Waals surface area contributed by atoms with Crippen LogP contribution in [0, 0.1) is 0 Å². The van der Waals surface area contributed by atoms with E-state index in [4.69, 9.17) is 21.2 Å². The first-order valence-corrected chi connectivity index (χ1v) is 6.49. The van der Waals surface area contributed by atoms with Gasteiger partial charge in [-0.15, -0.1) is 0 Å². The molecule has 0 saturated carbocycles. The normalized spacial score (nSPS) is 12.6. The molecule has 20 heavy (non-hydrogen) atoms. The van der Waals surface area contributed by atoms with E-state index >= 15 is 0 Å². The van der Waals surface area contributed by atoms with E-state index in [0.29, 0.717) is 23.0 Å². The van der Waals surface area contributed by atoms with Crippen molar-refractivity contribution in [3.63, 3.8) is 0 Å². The summed E-state index contributed by atoms with van der Waals surface area (Å²) in [6.07, 6.45) is 0. The number of rotatable bonds is 5. The van der Waals surface area contributed by atoms with Gasteiger partial charge in [0.15, 0.2) is 5.76 Å². The van der Waals surface area contributed by atoms with Gasteiger partial charge in [-0.25, -0.2) is 0 Å². The number of carbonyl (C=O) groups is 1. The highest BCUT2D eigenvalue weighted by molar-refractivity contribution is 6.30. The van der Waals surface area contributed by atoms with Crippen molar-refractivity contribution in [2.24, 2.45) is 0 Å². The number of benzene rings is 1. The topological polar surface area (TPSA) is 66.6 Å². The average molecular weight is 295 g/mol. The summed E-state index contributed by atoms with van der Waals surface area (Å²) in [7, 11) is 1.73. The van der Waals surface area contributed by atoms with Gasteiger partial charge in [-0.3, -0.25) is 9.69 Å². The summed E-state index contributed by atoms with van der Waals surface area (Å²) < 4.78 is 5.23. The van der Waals surface area contributed by atoms with Crippen LogP contribution in [-0.2, 0) is 11.3 Å². The molecule has 106 valence electrons. The third kappa shape index (κ3) is 3.37. The van der Waals surface area contributed by atoms with E-state index in [1.54, 1.807) is 37.1 Å². The number of hydrogen-bond donors (Lipinski definition) is 1. The van der Waals surface area contributed by atoms with E-state index in [0.717, 1.165) is 5.56 Å². The highest BCUT2D eigenvalue weighted by atomic mass is 35.5. The van der Waals surface area contributed by atoms with Crippen LogP contribution in [0.25, 0.3) is 11.3 Å². The first-order valence-electron chi connectivity index (χ1n) is 6.12. The lowest BCUT2D eigenvalue weighted by Gasteiger charge is -2.18. The Morgan fingerprint density at radius 2 is 2.10 bits per heavy atom. The van der Waals surface area contributed by atoms with Crippen molar-refractivity contribution < 1.29 is 14.4 Å². The molecule has 0 unspecified atom stereocenters. The molecule has 0 radical (unpaired) electrons. The summed E-state index contributed by atoms with van der Waals surface area (Å²) >= 11 is 5.83. The number of nitrogens with zero attached hydrogens (tertiary/aromatic N) is 2. The second kappa shape index (κ2) is 6.07. The van der Waals surface area contributed by atoms with Crippen LogP contribution in [0.5, 0.6) is 0 Å². The second-order valence-corrected chi connectivity index (χ2v) is 5.05. The molecule has 1 N–H and O–H groups in total. The van der Waals surface area contributed by atoms with Crippen LogP contribution in [0.4, 0.5) is 0 Å². The molecule has 0 fully saturated rings. The Labute approximate surface area is 121 Å². The van der Waals surface area contributed by atoms with Crippen molar-refractivity contribution in [1.29, 1.82) is 0 Å². The molecule has 5 nitrogen and oxygen atoms in total. The van der Waals surface area contributed by atoms with Crippen molar-refractivity contribution in [2.75, 3.05) is 7.05 Å². The van der Waals surface area contributed by atoms with Crippen molar-refractivity contribution in [1.82, 2.24) is 10.1 Å². The van der Waals surface area contributed by atoms with Gasteiger partial charge in [-0.05, 0) is 26.1 Å². The lowest BCUT2D eigenvalue weighted by molar-refractivity contribution is -0.142. The van der Waals surface area contributed by atoms with Crippen LogP contribution in [-0.4, -0.2) is 34.2 Å². The number of halogens is 1. The summed E-state index contributed by atoms with van der Waals surface area (Å²) in [5.41, 5.74) is 1.60. The Morgan fingerprint density at radius 1 is 1.45 bits per heavy atom. The molecule has 0 aliphatic rings. The Balaban J connectivity index is 2.09. The zero-order valence-corrected chi connectivity index (χ0v) is 12.0. The molecule has 0 aliphatic carbocycles. The zero-order chi connectivity index (χ0) is 14.7. The molecular formula is C14H15ClN2O3. The molecular weight excluding hydrogens is 280 g/mol. The van der Waals surface area contributed by atoms with Gasteiger partial charge in [0.2, 0.25) is 0 Å². The average Bonchev–Trinajstić information content (AvgIpc) is 2.87. The molecule has 1 atom stereocenters. The summed E-state index contributed by atoms with van der Waals surface area (Å²) in [6.45, 7) is 2.01. The molecule has 0 aliphatic heterocycles. The molecule has 1 aromatic heterocycles. The number of carboxylic acids is 1. The minimum Gasteiger partial charge on any atom is -0.480 e. The molecule has 2 aromatic rings. The Bertz CT molecular complexity index is 595. The highest BCUT2D eigenvalue weighted by Crippen LogP contribution is 2.22. The third-order valence-corrected chi connectivity index (χ3v) is 3.37. The van der Waals surface area contributed by atoms with E-state index in [1.807, 2.05) is 12.1 Å². The monoisotopic (exact) mass is 294 g/mol. The SMILES string of the molecule is C[C@H](C(=O)O)N(C)Cc1cc(-c2ccc(Cl)cc2)no1. The van der Waals surface area contributed by atoms with Gasteiger partial charge in [0, 0.05) is 16.7 Å². The second-order valence-electron chi connectivity index (χ2n) is 4.61. The largest absolute Gasteiger partial charge is 0.480 e. The predicted molar refractivity (Wildman–Crippen MR) is 75.5 cm³/mol. The molecule has 0 bridgehead atoms. The van der Waals surface area contributed by atoms with Crippen LogP contribution in [0.2, 0.25) is 5.02 Å². The van der Waals surface area contributed by atoms with E-state index in [2.05, 4.69) is 5.16 Å². The quantitative estimate of drug-likeness (QED) is 0.918. The van der Waals surface area contributed by atoms with Crippen molar-refractivity contribution in [3.8, 4) is 11.3 Å². The van der Waals surface area contributed by atoms with E-state index < -0.39 is 12.0 Å². The van der Waals surface area contributed by atoms with Gasteiger partial charge in [0.05, 0.1) is 6.54 Å². The Kier molecular flexibility index (Phi) is 4.42. The van der Waals surface area contributed by atoms with Gasteiger partial charge in [0.25, 0.3) is 0 Å². The van der Waals surface area contributed by atoms with Gasteiger partial charge in [0.1, 0.15) is 11.7 Å².